The third-order valence-corrected chi connectivity index (χ3v) is 4.55. The number of hydrogen-bond donors (Lipinski definition) is 1. The summed E-state index contributed by atoms with van der Waals surface area (Å²) in [5, 5.41) is 3.76. The lowest BCUT2D eigenvalue weighted by Crippen LogP contribution is -2.35. The Morgan fingerprint density at radius 1 is 1.11 bits per heavy atom. The van der Waals surface area contributed by atoms with Crippen LogP contribution in [0.4, 0.5) is 0 Å². The molecule has 0 aromatic heterocycles. The summed E-state index contributed by atoms with van der Waals surface area (Å²) in [4.78, 5) is 0. The lowest BCUT2D eigenvalue weighted by Gasteiger charge is -2.35. The third-order valence-electron chi connectivity index (χ3n) is 4.55. The zero-order chi connectivity index (χ0) is 13.2. The Kier molecular flexibility index (Phi) is 4.11. The molecule has 0 amide bonds. The van der Waals surface area contributed by atoms with E-state index in [-0.39, 0.29) is 0 Å². The summed E-state index contributed by atoms with van der Waals surface area (Å²) in [5.74, 6) is 0. The first-order valence-corrected chi connectivity index (χ1v) is 7.26. The minimum absolute atomic E-state index is 0.566. The summed E-state index contributed by atoms with van der Waals surface area (Å²) < 4.78 is 0. The summed E-state index contributed by atoms with van der Waals surface area (Å²) in [7, 11) is 0. The summed E-state index contributed by atoms with van der Waals surface area (Å²) in [6.07, 6.45) is 5.38. The van der Waals surface area contributed by atoms with Crippen molar-refractivity contribution in [3.05, 3.63) is 34.9 Å². The maximum atomic E-state index is 3.76. The van der Waals surface area contributed by atoms with Crippen LogP contribution >= 0.6 is 0 Å². The molecule has 0 aliphatic heterocycles. The van der Waals surface area contributed by atoms with Gasteiger partial charge in [-0.3, -0.25) is 0 Å². The SMILES string of the molecule is Cc1cccc(C)c1CNC1CCC(C)(C)CC1. The smallest absolute Gasteiger partial charge is 0.0213 e. The fourth-order valence-electron chi connectivity index (χ4n) is 2.98. The van der Waals surface area contributed by atoms with Crippen LogP contribution in [0.25, 0.3) is 0 Å². The van der Waals surface area contributed by atoms with E-state index in [9.17, 15) is 0 Å². The number of benzene rings is 1. The Morgan fingerprint density at radius 3 is 2.22 bits per heavy atom. The van der Waals surface area contributed by atoms with Gasteiger partial charge in [0.25, 0.3) is 0 Å². The first-order valence-electron chi connectivity index (χ1n) is 7.26. The molecule has 0 heterocycles. The molecule has 1 aromatic carbocycles. The molecule has 1 N–H and O–H groups in total. The second kappa shape index (κ2) is 5.44. The highest BCUT2D eigenvalue weighted by Gasteiger charge is 2.26. The van der Waals surface area contributed by atoms with Crippen LogP contribution in [0.5, 0.6) is 0 Å². The molecule has 0 bridgehead atoms. The predicted molar refractivity (Wildman–Crippen MR) is 78.8 cm³/mol. The van der Waals surface area contributed by atoms with E-state index in [1.165, 1.54) is 42.4 Å². The van der Waals surface area contributed by atoms with Crippen LogP contribution in [0.3, 0.4) is 0 Å². The van der Waals surface area contributed by atoms with E-state index in [0.29, 0.717) is 5.41 Å². The Hall–Kier alpha value is -0.820. The standard InChI is InChI=1S/C17H27N/c1-13-6-5-7-14(2)16(13)12-18-15-8-10-17(3,4)11-9-15/h5-7,15,18H,8-12H2,1-4H3. The number of rotatable bonds is 3. The van der Waals surface area contributed by atoms with Crippen LogP contribution in [0.2, 0.25) is 0 Å². The lowest BCUT2D eigenvalue weighted by molar-refractivity contribution is 0.206. The van der Waals surface area contributed by atoms with E-state index >= 15 is 0 Å². The Labute approximate surface area is 112 Å². The Balaban J connectivity index is 1.89. The highest BCUT2D eigenvalue weighted by Crippen LogP contribution is 2.35. The van der Waals surface area contributed by atoms with Crippen molar-refractivity contribution in [3.8, 4) is 0 Å². The molecule has 1 aliphatic rings. The fourth-order valence-corrected chi connectivity index (χ4v) is 2.98. The molecule has 18 heavy (non-hydrogen) atoms. The lowest BCUT2D eigenvalue weighted by atomic mass is 9.75. The largest absolute Gasteiger partial charge is 0.310 e. The van der Waals surface area contributed by atoms with Crippen LogP contribution in [-0.2, 0) is 6.54 Å². The van der Waals surface area contributed by atoms with Crippen molar-refractivity contribution < 1.29 is 0 Å². The van der Waals surface area contributed by atoms with E-state index < -0.39 is 0 Å². The minimum atomic E-state index is 0.566. The molecule has 1 nitrogen and oxygen atoms in total. The molecule has 100 valence electrons. The molecule has 1 aromatic rings. The average Bonchev–Trinajstić information content (AvgIpc) is 2.30. The van der Waals surface area contributed by atoms with Crippen molar-refractivity contribution in [3.63, 3.8) is 0 Å². The molecule has 0 saturated heterocycles. The van der Waals surface area contributed by atoms with Gasteiger partial charge >= 0.3 is 0 Å². The molecule has 0 unspecified atom stereocenters. The normalized spacial score (nSPS) is 20.0. The van der Waals surface area contributed by atoms with Gasteiger partial charge in [0.1, 0.15) is 0 Å². The van der Waals surface area contributed by atoms with E-state index in [4.69, 9.17) is 0 Å². The van der Waals surface area contributed by atoms with Crippen molar-refractivity contribution in [1.29, 1.82) is 0 Å². The van der Waals surface area contributed by atoms with Gasteiger partial charge in [-0.2, -0.15) is 0 Å². The summed E-state index contributed by atoms with van der Waals surface area (Å²) >= 11 is 0. The molecule has 0 atom stereocenters. The van der Waals surface area contributed by atoms with Crippen LogP contribution in [0.15, 0.2) is 18.2 Å². The Morgan fingerprint density at radius 2 is 1.67 bits per heavy atom. The van der Waals surface area contributed by atoms with Crippen LogP contribution in [-0.4, -0.2) is 6.04 Å². The van der Waals surface area contributed by atoms with Crippen molar-refractivity contribution in [1.82, 2.24) is 5.32 Å². The first-order chi connectivity index (χ1) is 8.48. The number of aryl methyl sites for hydroxylation is 2. The van der Waals surface area contributed by atoms with Gasteiger partial charge in [-0.05, 0) is 61.6 Å². The van der Waals surface area contributed by atoms with E-state index in [0.717, 1.165) is 12.6 Å². The first kappa shape index (κ1) is 13.6. The monoisotopic (exact) mass is 245 g/mol. The second-order valence-corrected chi connectivity index (χ2v) is 6.69. The molecular formula is C17H27N. The van der Waals surface area contributed by atoms with E-state index in [1.54, 1.807) is 0 Å². The summed E-state index contributed by atoms with van der Waals surface area (Å²) in [6, 6.07) is 7.30. The van der Waals surface area contributed by atoms with Crippen molar-refractivity contribution in [2.45, 2.75) is 66.0 Å². The van der Waals surface area contributed by atoms with Gasteiger partial charge in [-0.1, -0.05) is 32.0 Å². The van der Waals surface area contributed by atoms with Gasteiger partial charge in [0.2, 0.25) is 0 Å². The highest BCUT2D eigenvalue weighted by molar-refractivity contribution is 5.33. The molecule has 1 aliphatic carbocycles. The number of nitrogens with one attached hydrogen (secondary N) is 1. The highest BCUT2D eigenvalue weighted by atomic mass is 14.9. The zero-order valence-electron chi connectivity index (χ0n) is 12.3. The van der Waals surface area contributed by atoms with Crippen molar-refractivity contribution >= 4 is 0 Å². The van der Waals surface area contributed by atoms with Gasteiger partial charge in [-0.25, -0.2) is 0 Å². The number of hydrogen-bond acceptors (Lipinski definition) is 1. The fraction of sp³-hybridized carbons (Fsp3) is 0.647. The zero-order valence-corrected chi connectivity index (χ0v) is 12.3. The van der Waals surface area contributed by atoms with E-state index in [2.05, 4.69) is 51.2 Å². The van der Waals surface area contributed by atoms with Gasteiger partial charge < -0.3 is 5.32 Å². The molecular weight excluding hydrogens is 218 g/mol. The maximum absolute atomic E-state index is 3.76. The second-order valence-electron chi connectivity index (χ2n) is 6.69. The summed E-state index contributed by atoms with van der Waals surface area (Å²) in [6.45, 7) is 10.3. The topological polar surface area (TPSA) is 12.0 Å². The maximum Gasteiger partial charge on any atom is 0.0213 e. The van der Waals surface area contributed by atoms with Gasteiger partial charge in [0, 0.05) is 12.6 Å². The van der Waals surface area contributed by atoms with E-state index in [1.807, 2.05) is 0 Å². The van der Waals surface area contributed by atoms with Gasteiger partial charge in [-0.15, -0.1) is 0 Å². The Bertz CT molecular complexity index is 376. The third kappa shape index (κ3) is 3.35. The minimum Gasteiger partial charge on any atom is -0.310 e. The average molecular weight is 245 g/mol. The molecule has 1 heteroatoms. The van der Waals surface area contributed by atoms with Gasteiger partial charge in [0.05, 0.1) is 0 Å². The van der Waals surface area contributed by atoms with Crippen LogP contribution < -0.4 is 5.32 Å². The van der Waals surface area contributed by atoms with Crippen LogP contribution in [0, 0.1) is 19.3 Å². The molecule has 2 rings (SSSR count). The predicted octanol–water partition coefficient (Wildman–Crippen LogP) is 4.36. The molecule has 0 radical (unpaired) electrons. The van der Waals surface area contributed by atoms with Crippen molar-refractivity contribution in [2.75, 3.05) is 0 Å². The van der Waals surface area contributed by atoms with Gasteiger partial charge in [0.15, 0.2) is 0 Å². The quantitative estimate of drug-likeness (QED) is 0.834. The van der Waals surface area contributed by atoms with Crippen molar-refractivity contribution in [2.24, 2.45) is 5.41 Å². The van der Waals surface area contributed by atoms with Crippen LogP contribution in [0.1, 0.15) is 56.2 Å². The summed E-state index contributed by atoms with van der Waals surface area (Å²) in [5.41, 5.74) is 4.89. The molecule has 0 spiro atoms. The molecule has 1 fully saturated rings. The molecule has 1 saturated carbocycles.